The minimum atomic E-state index is -0.00357. The van der Waals surface area contributed by atoms with Crippen LogP contribution in [0.3, 0.4) is 0 Å². The van der Waals surface area contributed by atoms with Crippen molar-refractivity contribution in [1.82, 2.24) is 0 Å². The van der Waals surface area contributed by atoms with Crippen LogP contribution in [-0.4, -0.2) is 0 Å². The van der Waals surface area contributed by atoms with Crippen LogP contribution in [0.15, 0.2) is 170 Å². The van der Waals surface area contributed by atoms with Crippen molar-refractivity contribution in [2.24, 2.45) is 0 Å². The van der Waals surface area contributed by atoms with Crippen molar-refractivity contribution in [2.75, 3.05) is 0 Å². The van der Waals surface area contributed by atoms with Crippen LogP contribution in [0.1, 0.15) is 25.0 Å². The summed E-state index contributed by atoms with van der Waals surface area (Å²) in [4.78, 5) is 0. The topological polar surface area (TPSA) is 0 Å². The molecule has 51 heavy (non-hydrogen) atoms. The molecule has 0 heteroatoms. The Bertz CT molecular complexity index is 2910. The Labute approximate surface area is 298 Å². The van der Waals surface area contributed by atoms with E-state index in [1.165, 1.54) is 110 Å². The number of hydrogen-bond donors (Lipinski definition) is 0. The lowest BCUT2D eigenvalue weighted by atomic mass is 9.81. The first-order valence-corrected chi connectivity index (χ1v) is 18.0. The molecule has 0 saturated heterocycles. The Kier molecular flexibility index (Phi) is 5.82. The minimum Gasteiger partial charge on any atom is -0.0619 e. The molecule has 9 aromatic carbocycles. The predicted octanol–water partition coefficient (Wildman–Crippen LogP) is 14.1. The molecule has 0 bridgehead atoms. The molecule has 0 N–H and O–H groups in total. The fourth-order valence-corrected chi connectivity index (χ4v) is 9.14. The van der Waals surface area contributed by atoms with Gasteiger partial charge in [0.05, 0.1) is 0 Å². The van der Waals surface area contributed by atoms with E-state index in [1.807, 2.05) is 0 Å². The highest BCUT2D eigenvalue weighted by molar-refractivity contribution is 6.18. The molecule has 0 heterocycles. The molecule has 2 aliphatic carbocycles. The Morgan fingerprint density at radius 3 is 1.49 bits per heavy atom. The molecule has 9 aromatic rings. The van der Waals surface area contributed by atoms with E-state index in [-0.39, 0.29) is 5.41 Å². The minimum absolute atomic E-state index is 0.00357. The monoisotopic (exact) mass is 646 g/mol. The van der Waals surface area contributed by atoms with Gasteiger partial charge in [0.15, 0.2) is 0 Å². The van der Waals surface area contributed by atoms with E-state index >= 15 is 0 Å². The van der Waals surface area contributed by atoms with Crippen molar-refractivity contribution in [3.63, 3.8) is 0 Å². The zero-order chi connectivity index (χ0) is 33.8. The molecule has 0 spiro atoms. The van der Waals surface area contributed by atoms with Crippen LogP contribution in [0, 0.1) is 0 Å². The van der Waals surface area contributed by atoms with Gasteiger partial charge in [-0.2, -0.15) is 0 Å². The van der Waals surface area contributed by atoms with E-state index in [9.17, 15) is 0 Å². The number of rotatable bonds is 3. The highest BCUT2D eigenvalue weighted by Crippen LogP contribution is 2.51. The Hall–Kier alpha value is -6.24. The summed E-state index contributed by atoms with van der Waals surface area (Å²) in [5, 5.41) is 7.72. The first-order valence-electron chi connectivity index (χ1n) is 18.0. The third-order valence-corrected chi connectivity index (χ3v) is 11.8. The molecule has 0 atom stereocenters. The molecule has 0 radical (unpaired) electrons. The van der Waals surface area contributed by atoms with Gasteiger partial charge in [-0.25, -0.2) is 0 Å². The van der Waals surface area contributed by atoms with Gasteiger partial charge in [0.2, 0.25) is 0 Å². The summed E-state index contributed by atoms with van der Waals surface area (Å²) in [5.74, 6) is 0. The molecule has 0 fully saturated rings. The van der Waals surface area contributed by atoms with Gasteiger partial charge in [-0.05, 0) is 141 Å². The van der Waals surface area contributed by atoms with E-state index in [4.69, 9.17) is 0 Å². The normalized spacial score (nSPS) is 13.5. The second-order valence-electron chi connectivity index (χ2n) is 14.9. The van der Waals surface area contributed by atoms with Crippen LogP contribution in [0.25, 0.3) is 99.1 Å². The lowest BCUT2D eigenvalue weighted by Crippen LogP contribution is -2.14. The van der Waals surface area contributed by atoms with Crippen LogP contribution in [0.5, 0.6) is 0 Å². The lowest BCUT2D eigenvalue weighted by molar-refractivity contribution is 0.660. The first-order chi connectivity index (χ1) is 25.0. The van der Waals surface area contributed by atoms with Crippen molar-refractivity contribution in [3.8, 4) is 66.8 Å². The summed E-state index contributed by atoms with van der Waals surface area (Å²) in [6.45, 7) is 4.70. The maximum absolute atomic E-state index is 2.41. The van der Waals surface area contributed by atoms with Gasteiger partial charge in [-0.1, -0.05) is 153 Å². The van der Waals surface area contributed by atoms with Crippen LogP contribution >= 0.6 is 0 Å². The van der Waals surface area contributed by atoms with Crippen molar-refractivity contribution in [3.05, 3.63) is 181 Å². The van der Waals surface area contributed by atoms with Gasteiger partial charge in [0.1, 0.15) is 0 Å². The van der Waals surface area contributed by atoms with Crippen LogP contribution in [0.2, 0.25) is 0 Å². The van der Waals surface area contributed by atoms with E-state index in [0.717, 1.165) is 0 Å². The third-order valence-electron chi connectivity index (χ3n) is 11.8. The van der Waals surface area contributed by atoms with Crippen LogP contribution in [0.4, 0.5) is 0 Å². The van der Waals surface area contributed by atoms with Crippen LogP contribution < -0.4 is 0 Å². The first kappa shape index (κ1) is 28.6. The van der Waals surface area contributed by atoms with Crippen molar-refractivity contribution in [2.45, 2.75) is 19.3 Å². The van der Waals surface area contributed by atoms with Gasteiger partial charge in [-0.3, -0.25) is 0 Å². The highest BCUT2D eigenvalue weighted by Gasteiger charge is 2.35. The molecular formula is C51H34. The second-order valence-corrected chi connectivity index (χ2v) is 14.9. The SMILES string of the molecule is CC1(C)c2ccccc2-c2ccc(-c3ccc4cc(-c5ccc6ccc(-c7ccc8c9c(cccc79)-c7ccccc7-8)cc6c5)ccc4c3)cc21. The van der Waals surface area contributed by atoms with Gasteiger partial charge in [-0.15, -0.1) is 0 Å². The van der Waals surface area contributed by atoms with E-state index < -0.39 is 0 Å². The largest absolute Gasteiger partial charge is 0.0619 e. The maximum atomic E-state index is 2.41. The van der Waals surface area contributed by atoms with Gasteiger partial charge in [0.25, 0.3) is 0 Å². The summed E-state index contributed by atoms with van der Waals surface area (Å²) in [6, 6.07) is 63.7. The Balaban J connectivity index is 0.945. The smallest absolute Gasteiger partial charge is 0.0159 e. The fourth-order valence-electron chi connectivity index (χ4n) is 9.14. The molecule has 0 nitrogen and oxygen atoms in total. The molecule has 0 unspecified atom stereocenters. The van der Waals surface area contributed by atoms with Crippen molar-refractivity contribution in [1.29, 1.82) is 0 Å². The molecule has 0 aliphatic heterocycles. The molecule has 0 saturated carbocycles. The second kappa shape index (κ2) is 10.4. The summed E-state index contributed by atoms with van der Waals surface area (Å²) < 4.78 is 0. The zero-order valence-electron chi connectivity index (χ0n) is 28.7. The number of hydrogen-bond acceptors (Lipinski definition) is 0. The maximum Gasteiger partial charge on any atom is 0.0159 e. The van der Waals surface area contributed by atoms with E-state index in [1.54, 1.807) is 0 Å². The summed E-state index contributed by atoms with van der Waals surface area (Å²) in [6.07, 6.45) is 0. The Morgan fingerprint density at radius 1 is 0.294 bits per heavy atom. The van der Waals surface area contributed by atoms with Gasteiger partial charge < -0.3 is 0 Å². The van der Waals surface area contributed by atoms with E-state index in [2.05, 4.69) is 184 Å². The third kappa shape index (κ3) is 4.14. The molecular weight excluding hydrogens is 613 g/mol. The molecule has 11 rings (SSSR count). The van der Waals surface area contributed by atoms with Crippen molar-refractivity contribution >= 4 is 32.3 Å². The number of benzene rings is 9. The Morgan fingerprint density at radius 2 is 0.765 bits per heavy atom. The molecule has 2 aliphatic rings. The fraction of sp³-hybridized carbons (Fsp3) is 0.0588. The standard InChI is InChI=1S/C51H34/c1-51(2)48-13-6-5-10-43(48)44-23-22-37(30-49(44)51)35-20-19-32-26-34(18-17-33(32)27-35)36-16-14-31-15-21-38(29-39(31)28-36)40-24-25-47-42-9-4-3-8-41(42)46-12-7-11-45(40)50(46)47/h3-30H,1-2H3. The average molecular weight is 647 g/mol. The summed E-state index contributed by atoms with van der Waals surface area (Å²) >= 11 is 0. The highest BCUT2D eigenvalue weighted by atomic mass is 14.4. The summed E-state index contributed by atoms with van der Waals surface area (Å²) in [7, 11) is 0. The zero-order valence-corrected chi connectivity index (χ0v) is 28.7. The lowest BCUT2D eigenvalue weighted by Gasteiger charge is -2.22. The molecule has 238 valence electrons. The quantitative estimate of drug-likeness (QED) is 0.179. The predicted molar refractivity (Wildman–Crippen MR) is 217 cm³/mol. The van der Waals surface area contributed by atoms with E-state index in [0.29, 0.717) is 0 Å². The van der Waals surface area contributed by atoms with Gasteiger partial charge in [0, 0.05) is 5.41 Å². The van der Waals surface area contributed by atoms with Crippen LogP contribution in [-0.2, 0) is 5.41 Å². The molecule has 0 amide bonds. The van der Waals surface area contributed by atoms with Crippen molar-refractivity contribution < 1.29 is 0 Å². The molecule has 0 aromatic heterocycles. The summed E-state index contributed by atoms with van der Waals surface area (Å²) in [5.41, 5.74) is 18.5. The number of fused-ring (bicyclic) bond motifs is 8. The average Bonchev–Trinajstić information content (AvgIpc) is 3.63. The van der Waals surface area contributed by atoms with Gasteiger partial charge >= 0.3 is 0 Å².